The van der Waals surface area contributed by atoms with Crippen LogP contribution < -0.4 is 20.2 Å². The van der Waals surface area contributed by atoms with Crippen molar-refractivity contribution in [2.75, 3.05) is 12.4 Å². The summed E-state index contributed by atoms with van der Waals surface area (Å²) in [5.41, 5.74) is 4.47. The number of anilines is 1. The lowest BCUT2D eigenvalue weighted by Gasteiger charge is -2.11. The molecule has 0 atom stereocenters. The van der Waals surface area contributed by atoms with Gasteiger partial charge >= 0.3 is 0 Å². The zero-order valence-electron chi connectivity index (χ0n) is 17.7. The maximum atomic E-state index is 12.0. The predicted octanol–water partition coefficient (Wildman–Crippen LogP) is 5.06. The van der Waals surface area contributed by atoms with Crippen LogP contribution in [-0.4, -0.2) is 25.1 Å². The highest BCUT2D eigenvalue weighted by Gasteiger charge is 2.10. The smallest absolute Gasteiger partial charge is 0.249 e. The van der Waals surface area contributed by atoms with Gasteiger partial charge in [-0.25, -0.2) is 5.43 Å². The topological polar surface area (TPSA) is 89.0 Å². The van der Waals surface area contributed by atoms with E-state index in [1.165, 1.54) is 12.3 Å². The first kappa shape index (κ1) is 24.1. The van der Waals surface area contributed by atoms with Gasteiger partial charge in [-0.05, 0) is 47.5 Å². The Bertz CT molecular complexity index is 1150. The average molecular weight is 486 g/mol. The van der Waals surface area contributed by atoms with Crippen LogP contribution >= 0.6 is 23.2 Å². The molecule has 0 aliphatic carbocycles. The number of amides is 2. The van der Waals surface area contributed by atoms with E-state index in [0.717, 1.165) is 5.56 Å². The molecule has 2 N–H and O–H groups in total. The summed E-state index contributed by atoms with van der Waals surface area (Å²) in [6.07, 6.45) is 1.03. The molecule has 0 aliphatic rings. The van der Waals surface area contributed by atoms with E-state index < -0.39 is 18.2 Å². The Morgan fingerprint density at radius 2 is 1.73 bits per heavy atom. The molecule has 0 radical (unpaired) electrons. The molecule has 0 aromatic heterocycles. The summed E-state index contributed by atoms with van der Waals surface area (Å²) in [5.74, 6) is 0.0324. The van der Waals surface area contributed by atoms with Crippen LogP contribution in [0.1, 0.15) is 17.5 Å². The highest BCUT2D eigenvalue weighted by Crippen LogP contribution is 2.28. The molecule has 3 rings (SSSR count). The van der Waals surface area contributed by atoms with E-state index in [9.17, 15) is 9.59 Å². The van der Waals surface area contributed by atoms with E-state index in [2.05, 4.69) is 15.8 Å². The monoisotopic (exact) mass is 485 g/mol. The highest BCUT2D eigenvalue weighted by atomic mass is 35.5. The maximum Gasteiger partial charge on any atom is 0.249 e. The van der Waals surface area contributed by atoms with Crippen molar-refractivity contribution in [1.82, 2.24) is 5.43 Å². The normalized spacial score (nSPS) is 10.6. The van der Waals surface area contributed by atoms with Gasteiger partial charge in [-0.3, -0.25) is 9.59 Å². The summed E-state index contributed by atoms with van der Waals surface area (Å²) in [4.78, 5) is 24.0. The number of hydrazone groups is 1. The van der Waals surface area contributed by atoms with Gasteiger partial charge in [0, 0.05) is 5.69 Å². The molecule has 3 aromatic carbocycles. The number of nitrogens with one attached hydrogen (secondary N) is 2. The molecule has 2 amide bonds. The van der Waals surface area contributed by atoms with Crippen LogP contribution in [0.25, 0.3) is 0 Å². The summed E-state index contributed by atoms with van der Waals surface area (Å²) in [6, 6.07) is 19.7. The van der Waals surface area contributed by atoms with Crippen LogP contribution in [0.15, 0.2) is 71.8 Å². The van der Waals surface area contributed by atoms with E-state index in [0.29, 0.717) is 39.4 Å². The number of methoxy groups -OCH3 is 1. The number of hydrogen-bond donors (Lipinski definition) is 2. The molecule has 0 heterocycles. The summed E-state index contributed by atoms with van der Waals surface area (Å²) in [6.45, 7) is 0.408. The van der Waals surface area contributed by atoms with Crippen LogP contribution in [0.4, 0.5) is 5.69 Å². The molecule has 7 nitrogen and oxygen atoms in total. The van der Waals surface area contributed by atoms with Crippen molar-refractivity contribution in [2.45, 2.75) is 13.0 Å². The first-order valence-electron chi connectivity index (χ1n) is 9.86. The van der Waals surface area contributed by atoms with Gasteiger partial charge in [-0.1, -0.05) is 53.5 Å². The molecule has 0 aliphatic heterocycles. The predicted molar refractivity (Wildman–Crippen MR) is 129 cm³/mol. The van der Waals surface area contributed by atoms with E-state index in [4.69, 9.17) is 32.7 Å². The van der Waals surface area contributed by atoms with Crippen molar-refractivity contribution in [3.63, 3.8) is 0 Å². The number of benzene rings is 3. The number of hydrogen-bond acceptors (Lipinski definition) is 5. The molecular formula is C24H21Cl2N3O4. The Kier molecular flexibility index (Phi) is 8.69. The van der Waals surface area contributed by atoms with Crippen molar-refractivity contribution in [3.8, 4) is 11.5 Å². The fourth-order valence-electron chi connectivity index (χ4n) is 2.76. The lowest BCUT2D eigenvalue weighted by molar-refractivity contribution is -0.126. The third kappa shape index (κ3) is 7.52. The molecule has 170 valence electrons. The number of nitrogens with zero attached hydrogens (tertiary/aromatic N) is 1. The van der Waals surface area contributed by atoms with Crippen LogP contribution in [0.3, 0.4) is 0 Å². The second-order valence-corrected chi connectivity index (χ2v) is 7.65. The van der Waals surface area contributed by atoms with Crippen LogP contribution in [0, 0.1) is 0 Å². The number of halogens is 2. The van der Waals surface area contributed by atoms with E-state index in [-0.39, 0.29) is 0 Å². The van der Waals surface area contributed by atoms with E-state index in [1.54, 1.807) is 37.4 Å². The molecule has 0 unspecified atom stereocenters. The summed E-state index contributed by atoms with van der Waals surface area (Å²) < 4.78 is 11.2. The molecule has 33 heavy (non-hydrogen) atoms. The molecule has 3 aromatic rings. The van der Waals surface area contributed by atoms with Crippen molar-refractivity contribution < 1.29 is 19.1 Å². The SMILES string of the molecule is COc1cc(C=NNC(=O)CC(=O)Nc2ccc(Cl)c(Cl)c2)ccc1OCc1ccccc1. The minimum absolute atomic E-state index is 0.301. The molecule has 0 fully saturated rings. The average Bonchev–Trinajstić information content (AvgIpc) is 2.81. The second kappa shape index (κ2) is 11.9. The molecule has 0 saturated heterocycles. The fraction of sp³-hybridized carbons (Fsp3) is 0.125. The lowest BCUT2D eigenvalue weighted by atomic mass is 10.2. The quantitative estimate of drug-likeness (QED) is 0.251. The van der Waals surface area contributed by atoms with E-state index >= 15 is 0 Å². The van der Waals surface area contributed by atoms with Crippen LogP contribution in [0.5, 0.6) is 11.5 Å². The minimum Gasteiger partial charge on any atom is -0.493 e. The lowest BCUT2D eigenvalue weighted by Crippen LogP contribution is -2.24. The number of ether oxygens (including phenoxy) is 2. The Morgan fingerprint density at radius 1 is 0.939 bits per heavy atom. The largest absolute Gasteiger partial charge is 0.493 e. The maximum absolute atomic E-state index is 12.0. The van der Waals surface area contributed by atoms with Gasteiger partial charge in [-0.15, -0.1) is 0 Å². The Hall–Kier alpha value is -3.55. The standard InChI is InChI=1S/C24H21Cl2N3O4/c1-32-22-11-17(7-10-21(22)33-15-16-5-3-2-4-6-16)14-27-29-24(31)13-23(30)28-18-8-9-19(25)20(26)12-18/h2-12,14H,13,15H2,1H3,(H,28,30)(H,29,31). The summed E-state index contributed by atoms with van der Waals surface area (Å²) >= 11 is 11.7. The Balaban J connectivity index is 1.50. The van der Waals surface area contributed by atoms with Gasteiger partial charge in [0.25, 0.3) is 0 Å². The van der Waals surface area contributed by atoms with Crippen molar-refractivity contribution >= 4 is 46.9 Å². The Morgan fingerprint density at radius 3 is 2.45 bits per heavy atom. The molecule has 0 bridgehead atoms. The van der Waals surface area contributed by atoms with Gasteiger partial charge in [0.15, 0.2) is 11.5 Å². The van der Waals surface area contributed by atoms with Crippen LogP contribution in [-0.2, 0) is 16.2 Å². The minimum atomic E-state index is -0.571. The molecule has 0 spiro atoms. The van der Waals surface area contributed by atoms with Crippen molar-refractivity contribution in [3.05, 3.63) is 87.9 Å². The summed E-state index contributed by atoms with van der Waals surface area (Å²) in [7, 11) is 1.54. The Labute approximate surface area is 201 Å². The van der Waals surface area contributed by atoms with Gasteiger partial charge in [0.1, 0.15) is 13.0 Å². The van der Waals surface area contributed by atoms with Gasteiger partial charge in [0.05, 0.1) is 23.4 Å². The third-order valence-corrected chi connectivity index (χ3v) is 5.09. The second-order valence-electron chi connectivity index (χ2n) is 6.83. The van der Waals surface area contributed by atoms with Gasteiger partial charge in [0.2, 0.25) is 11.8 Å². The number of rotatable bonds is 9. The molecular weight excluding hydrogens is 465 g/mol. The van der Waals surface area contributed by atoms with Gasteiger partial charge < -0.3 is 14.8 Å². The third-order valence-electron chi connectivity index (χ3n) is 4.35. The summed E-state index contributed by atoms with van der Waals surface area (Å²) in [5, 5.41) is 7.13. The molecule has 9 heteroatoms. The first-order chi connectivity index (χ1) is 15.9. The van der Waals surface area contributed by atoms with Crippen molar-refractivity contribution in [1.29, 1.82) is 0 Å². The van der Waals surface area contributed by atoms with Crippen LogP contribution in [0.2, 0.25) is 10.0 Å². The molecule has 0 saturated carbocycles. The number of carbonyl (C=O) groups excluding carboxylic acids is 2. The van der Waals surface area contributed by atoms with E-state index in [1.807, 2.05) is 30.3 Å². The zero-order chi connectivity index (χ0) is 23.6. The first-order valence-corrected chi connectivity index (χ1v) is 10.6. The number of carbonyl (C=O) groups is 2. The zero-order valence-corrected chi connectivity index (χ0v) is 19.2. The fourth-order valence-corrected chi connectivity index (χ4v) is 3.06. The highest BCUT2D eigenvalue weighted by molar-refractivity contribution is 6.42. The van der Waals surface area contributed by atoms with Crippen molar-refractivity contribution in [2.24, 2.45) is 5.10 Å². The van der Waals surface area contributed by atoms with Gasteiger partial charge in [-0.2, -0.15) is 5.10 Å².